The van der Waals surface area contributed by atoms with Gasteiger partial charge in [-0.15, -0.1) is 0 Å². The Balaban J connectivity index is 1.72. The molecule has 4 aromatic rings. The average molecular weight is 450 g/mol. The Morgan fingerprint density at radius 1 is 1.03 bits per heavy atom. The van der Waals surface area contributed by atoms with Crippen LogP contribution in [0.25, 0.3) is 10.9 Å². The number of rotatable bonds is 4. The second-order valence-corrected chi connectivity index (χ2v) is 6.79. The van der Waals surface area contributed by atoms with Gasteiger partial charge < -0.3 is 15.6 Å². The van der Waals surface area contributed by atoms with E-state index in [1.54, 1.807) is 0 Å². The topological polar surface area (TPSA) is 112 Å². The van der Waals surface area contributed by atoms with Crippen molar-refractivity contribution in [2.75, 3.05) is 4.90 Å². The molecule has 3 aromatic carbocycles. The molecule has 2 amide bonds. The standard InChI is InChI=1S/C23H13F3N4O3/c24-13-1-3-19(16(25)8-13)30(23(28)32)20-4-2-14(9-17(20)26)33-22-5-6-29-18-10-21(31)12(11-27)7-15(18)22/h1-10,31H,(H2,28,32). The molecule has 1 heterocycles. The number of nitrogens with zero attached hydrogens (tertiary/aromatic N) is 3. The highest BCUT2D eigenvalue weighted by Gasteiger charge is 2.23. The molecule has 0 aliphatic carbocycles. The number of nitriles is 1. The molecule has 0 radical (unpaired) electrons. The van der Waals surface area contributed by atoms with Crippen LogP contribution in [0, 0.1) is 28.8 Å². The lowest BCUT2D eigenvalue weighted by atomic mass is 10.1. The minimum absolute atomic E-state index is 0.000281. The van der Waals surface area contributed by atoms with Crippen molar-refractivity contribution >= 4 is 28.3 Å². The minimum atomic E-state index is -1.18. The Kier molecular flexibility index (Phi) is 5.46. The number of hydrogen-bond acceptors (Lipinski definition) is 5. The van der Waals surface area contributed by atoms with E-state index in [0.29, 0.717) is 21.9 Å². The van der Waals surface area contributed by atoms with Gasteiger partial charge in [-0.25, -0.2) is 18.0 Å². The third-order valence-corrected chi connectivity index (χ3v) is 4.70. The van der Waals surface area contributed by atoms with Gasteiger partial charge in [-0.1, -0.05) is 0 Å². The lowest BCUT2D eigenvalue weighted by Gasteiger charge is -2.22. The van der Waals surface area contributed by atoms with Crippen molar-refractivity contribution in [3.63, 3.8) is 0 Å². The summed E-state index contributed by atoms with van der Waals surface area (Å²) in [7, 11) is 0. The van der Waals surface area contributed by atoms with Crippen LogP contribution in [0.5, 0.6) is 17.2 Å². The quantitative estimate of drug-likeness (QED) is 0.442. The number of hydrogen-bond donors (Lipinski definition) is 2. The van der Waals surface area contributed by atoms with Crippen molar-refractivity contribution in [1.82, 2.24) is 4.98 Å². The summed E-state index contributed by atoms with van der Waals surface area (Å²) in [5.74, 6) is -2.96. The maximum Gasteiger partial charge on any atom is 0.324 e. The number of aromatic hydroxyl groups is 1. The average Bonchev–Trinajstić information content (AvgIpc) is 2.76. The number of carbonyl (C=O) groups is 1. The number of ether oxygens (including phenoxy) is 1. The van der Waals surface area contributed by atoms with E-state index in [0.717, 1.165) is 24.3 Å². The number of urea groups is 1. The first-order valence-electron chi connectivity index (χ1n) is 9.32. The molecule has 0 atom stereocenters. The van der Waals surface area contributed by atoms with Crippen LogP contribution in [0.1, 0.15) is 5.56 Å². The van der Waals surface area contributed by atoms with Crippen LogP contribution in [-0.4, -0.2) is 16.1 Å². The SMILES string of the molecule is N#Cc1cc2c(Oc3ccc(N(C(N)=O)c4ccc(F)cc4F)c(F)c3)ccnc2cc1O. The summed E-state index contributed by atoms with van der Waals surface area (Å²) in [4.78, 5) is 16.6. The fourth-order valence-electron chi connectivity index (χ4n) is 3.22. The van der Waals surface area contributed by atoms with Crippen LogP contribution in [0.15, 0.2) is 60.8 Å². The summed E-state index contributed by atoms with van der Waals surface area (Å²) >= 11 is 0. The number of fused-ring (bicyclic) bond motifs is 1. The Hall–Kier alpha value is -4.78. The van der Waals surface area contributed by atoms with Crippen molar-refractivity contribution in [3.05, 3.63) is 83.8 Å². The second-order valence-electron chi connectivity index (χ2n) is 6.79. The molecule has 0 bridgehead atoms. The summed E-state index contributed by atoms with van der Waals surface area (Å²) < 4.78 is 48.1. The van der Waals surface area contributed by atoms with E-state index in [1.165, 1.54) is 30.5 Å². The van der Waals surface area contributed by atoms with E-state index >= 15 is 0 Å². The smallest absolute Gasteiger partial charge is 0.324 e. The molecule has 1 aromatic heterocycles. The number of phenols is 1. The van der Waals surface area contributed by atoms with Gasteiger partial charge >= 0.3 is 6.03 Å². The molecule has 0 unspecified atom stereocenters. The second kappa shape index (κ2) is 8.39. The Morgan fingerprint density at radius 3 is 2.36 bits per heavy atom. The highest BCUT2D eigenvalue weighted by molar-refractivity contribution is 5.98. The predicted molar refractivity (Wildman–Crippen MR) is 113 cm³/mol. The van der Waals surface area contributed by atoms with E-state index in [4.69, 9.17) is 15.7 Å². The van der Waals surface area contributed by atoms with Crippen molar-refractivity contribution in [3.8, 4) is 23.3 Å². The number of carbonyl (C=O) groups excluding carboxylic acids is 1. The number of phenolic OH excluding ortho intramolecular Hbond substituents is 1. The van der Waals surface area contributed by atoms with Gasteiger partial charge in [0.15, 0.2) is 5.82 Å². The fraction of sp³-hybridized carbons (Fsp3) is 0. The van der Waals surface area contributed by atoms with Crippen molar-refractivity contribution < 1.29 is 27.8 Å². The van der Waals surface area contributed by atoms with Crippen molar-refractivity contribution in [2.45, 2.75) is 0 Å². The molecule has 4 rings (SSSR count). The van der Waals surface area contributed by atoms with E-state index in [2.05, 4.69) is 4.98 Å². The fourth-order valence-corrected chi connectivity index (χ4v) is 3.22. The summed E-state index contributed by atoms with van der Waals surface area (Å²) in [6.07, 6.45) is 1.40. The molecule has 0 saturated heterocycles. The van der Waals surface area contributed by atoms with Crippen LogP contribution in [0.3, 0.4) is 0 Å². The van der Waals surface area contributed by atoms with Crippen molar-refractivity contribution in [2.24, 2.45) is 5.73 Å². The van der Waals surface area contributed by atoms with Gasteiger partial charge in [0, 0.05) is 29.8 Å². The van der Waals surface area contributed by atoms with Gasteiger partial charge in [-0.2, -0.15) is 5.26 Å². The highest BCUT2D eigenvalue weighted by Crippen LogP contribution is 2.36. The van der Waals surface area contributed by atoms with Crippen LogP contribution in [0.4, 0.5) is 29.3 Å². The zero-order valence-electron chi connectivity index (χ0n) is 16.6. The molecule has 10 heteroatoms. The molecule has 164 valence electrons. The molecule has 0 saturated carbocycles. The Morgan fingerprint density at radius 2 is 1.73 bits per heavy atom. The van der Waals surface area contributed by atoms with E-state index in [9.17, 15) is 23.1 Å². The van der Waals surface area contributed by atoms with Gasteiger partial charge in [0.1, 0.15) is 35.0 Å². The number of halogens is 3. The molecule has 0 fully saturated rings. The monoisotopic (exact) mass is 450 g/mol. The Bertz CT molecular complexity index is 1450. The first kappa shape index (κ1) is 21.5. The number of benzene rings is 3. The van der Waals surface area contributed by atoms with E-state index in [1.807, 2.05) is 6.07 Å². The maximum absolute atomic E-state index is 14.9. The zero-order valence-corrected chi connectivity index (χ0v) is 16.6. The first-order chi connectivity index (χ1) is 15.8. The summed E-state index contributed by atoms with van der Waals surface area (Å²) in [5, 5.41) is 19.4. The maximum atomic E-state index is 14.9. The highest BCUT2D eigenvalue weighted by atomic mass is 19.1. The first-order valence-corrected chi connectivity index (χ1v) is 9.32. The molecule has 3 N–H and O–H groups in total. The van der Waals surface area contributed by atoms with Crippen LogP contribution in [0.2, 0.25) is 0 Å². The lowest BCUT2D eigenvalue weighted by Crippen LogP contribution is -2.32. The summed E-state index contributed by atoms with van der Waals surface area (Å²) in [6, 6.07) is 10.6. The summed E-state index contributed by atoms with van der Waals surface area (Å²) in [6.45, 7) is 0. The molecule has 33 heavy (non-hydrogen) atoms. The molecule has 7 nitrogen and oxygen atoms in total. The molecular formula is C23H13F3N4O3. The number of nitrogens with two attached hydrogens (primary N) is 1. The number of amides is 2. The van der Waals surface area contributed by atoms with Crippen LogP contribution < -0.4 is 15.4 Å². The third kappa shape index (κ3) is 4.07. The van der Waals surface area contributed by atoms with Gasteiger partial charge in [0.05, 0.1) is 22.5 Å². The molecule has 0 aliphatic heterocycles. The third-order valence-electron chi connectivity index (χ3n) is 4.70. The van der Waals surface area contributed by atoms with Crippen LogP contribution in [-0.2, 0) is 0 Å². The Labute approximate surface area is 184 Å². The number of pyridine rings is 1. The van der Waals surface area contributed by atoms with Gasteiger partial charge in [-0.05, 0) is 36.4 Å². The summed E-state index contributed by atoms with van der Waals surface area (Å²) in [5.41, 5.74) is 4.85. The lowest BCUT2D eigenvalue weighted by molar-refractivity contribution is 0.255. The normalized spacial score (nSPS) is 10.6. The van der Waals surface area contributed by atoms with E-state index < -0.39 is 29.2 Å². The molecule has 0 spiro atoms. The molecular weight excluding hydrogens is 437 g/mol. The van der Waals surface area contributed by atoms with Gasteiger partial charge in [0.2, 0.25) is 0 Å². The van der Waals surface area contributed by atoms with E-state index in [-0.39, 0.29) is 28.5 Å². The van der Waals surface area contributed by atoms with Gasteiger partial charge in [-0.3, -0.25) is 9.88 Å². The molecule has 0 aliphatic rings. The van der Waals surface area contributed by atoms with Crippen LogP contribution >= 0.6 is 0 Å². The largest absolute Gasteiger partial charge is 0.506 e. The number of primary amides is 1. The van der Waals surface area contributed by atoms with Gasteiger partial charge in [0.25, 0.3) is 0 Å². The minimum Gasteiger partial charge on any atom is -0.506 e. The zero-order chi connectivity index (χ0) is 23.7. The van der Waals surface area contributed by atoms with Crippen molar-refractivity contribution in [1.29, 1.82) is 5.26 Å². The number of aromatic nitrogens is 1. The number of anilines is 2. The predicted octanol–water partition coefficient (Wildman–Crippen LogP) is 5.24.